The van der Waals surface area contributed by atoms with Crippen molar-refractivity contribution in [1.82, 2.24) is 15.1 Å². The molecule has 0 aliphatic heterocycles. The van der Waals surface area contributed by atoms with Crippen LogP contribution in [-0.4, -0.2) is 16.8 Å². The van der Waals surface area contributed by atoms with Crippen molar-refractivity contribution in [2.75, 3.05) is 7.05 Å². The molecule has 0 spiro atoms. The molecule has 0 aromatic carbocycles. The van der Waals surface area contributed by atoms with Crippen molar-refractivity contribution in [3.63, 3.8) is 0 Å². The van der Waals surface area contributed by atoms with Gasteiger partial charge in [0.2, 0.25) is 0 Å². The van der Waals surface area contributed by atoms with Crippen LogP contribution in [0.25, 0.3) is 0 Å². The maximum Gasteiger partial charge on any atom is 0.122 e. The number of aryl methyl sites for hydroxylation is 1. The van der Waals surface area contributed by atoms with E-state index in [2.05, 4.69) is 33.3 Å². The van der Waals surface area contributed by atoms with E-state index in [1.165, 1.54) is 0 Å². The van der Waals surface area contributed by atoms with E-state index in [1.54, 1.807) is 6.26 Å². The monoisotopic (exact) mass is 297 g/mol. The average Bonchev–Trinajstić information content (AvgIpc) is 2.82. The molecule has 2 heterocycles. The van der Waals surface area contributed by atoms with Crippen LogP contribution in [0.2, 0.25) is 0 Å². The zero-order valence-corrected chi connectivity index (χ0v) is 11.8. The molecule has 2 aromatic heterocycles. The highest BCUT2D eigenvalue weighted by Crippen LogP contribution is 2.21. The summed E-state index contributed by atoms with van der Waals surface area (Å²) in [5.74, 6) is 0.969. The van der Waals surface area contributed by atoms with Crippen LogP contribution in [0.4, 0.5) is 0 Å². The zero-order chi connectivity index (χ0) is 12.4. The van der Waals surface area contributed by atoms with Gasteiger partial charge in [0.25, 0.3) is 0 Å². The maximum absolute atomic E-state index is 5.44. The number of nitrogens with zero attached hydrogens (tertiary/aromatic N) is 2. The SMILES string of the molecule is CNCc1occc1Cn1nc(C)c(Br)c1C. The molecule has 0 saturated heterocycles. The Hall–Kier alpha value is -1.07. The average molecular weight is 298 g/mol. The van der Waals surface area contributed by atoms with Gasteiger partial charge in [-0.15, -0.1) is 0 Å². The molecule has 1 N–H and O–H groups in total. The molecule has 4 nitrogen and oxygen atoms in total. The van der Waals surface area contributed by atoms with Crippen molar-refractivity contribution in [3.8, 4) is 0 Å². The van der Waals surface area contributed by atoms with Gasteiger partial charge in [-0.3, -0.25) is 4.68 Å². The number of hydrogen-bond acceptors (Lipinski definition) is 3. The largest absolute Gasteiger partial charge is 0.468 e. The fourth-order valence-corrected chi connectivity index (χ4v) is 2.10. The number of furan rings is 1. The van der Waals surface area contributed by atoms with Crippen molar-refractivity contribution < 1.29 is 4.42 Å². The highest BCUT2D eigenvalue weighted by molar-refractivity contribution is 9.10. The Morgan fingerprint density at radius 2 is 2.24 bits per heavy atom. The predicted molar refractivity (Wildman–Crippen MR) is 70.0 cm³/mol. The van der Waals surface area contributed by atoms with E-state index in [4.69, 9.17) is 4.42 Å². The number of hydrogen-bond donors (Lipinski definition) is 1. The highest BCUT2D eigenvalue weighted by Gasteiger charge is 2.12. The van der Waals surface area contributed by atoms with Gasteiger partial charge in [-0.05, 0) is 42.9 Å². The fraction of sp³-hybridized carbons (Fsp3) is 0.417. The van der Waals surface area contributed by atoms with Crippen molar-refractivity contribution in [2.45, 2.75) is 26.9 Å². The molecule has 0 radical (unpaired) electrons. The normalized spacial score (nSPS) is 11.1. The molecule has 0 bridgehead atoms. The summed E-state index contributed by atoms with van der Waals surface area (Å²) < 4.78 is 8.51. The number of aromatic nitrogens is 2. The molecule has 5 heteroatoms. The summed E-state index contributed by atoms with van der Waals surface area (Å²) in [7, 11) is 1.91. The van der Waals surface area contributed by atoms with Gasteiger partial charge in [-0.2, -0.15) is 5.10 Å². The van der Waals surface area contributed by atoms with E-state index in [0.29, 0.717) is 0 Å². The molecule has 0 unspecified atom stereocenters. The molecule has 17 heavy (non-hydrogen) atoms. The third kappa shape index (κ3) is 2.45. The topological polar surface area (TPSA) is 43.0 Å². The standard InChI is InChI=1S/C12H16BrN3O/c1-8-12(13)9(2)16(15-8)7-10-4-5-17-11(10)6-14-3/h4-5,14H,6-7H2,1-3H3. The maximum atomic E-state index is 5.44. The second-order valence-corrected chi connectivity index (χ2v) is 4.83. The first-order chi connectivity index (χ1) is 8.13. The van der Waals surface area contributed by atoms with Crippen LogP contribution in [0.1, 0.15) is 22.7 Å². The molecular weight excluding hydrogens is 282 g/mol. The first-order valence-electron chi connectivity index (χ1n) is 5.52. The molecule has 2 rings (SSSR count). The predicted octanol–water partition coefficient (Wildman–Crippen LogP) is 2.62. The van der Waals surface area contributed by atoms with E-state index in [-0.39, 0.29) is 0 Å². The van der Waals surface area contributed by atoms with Crippen LogP contribution in [0.3, 0.4) is 0 Å². The molecular formula is C12H16BrN3O. The van der Waals surface area contributed by atoms with Gasteiger partial charge in [-0.1, -0.05) is 0 Å². The van der Waals surface area contributed by atoms with Crippen molar-refractivity contribution in [2.24, 2.45) is 0 Å². The van der Waals surface area contributed by atoms with E-state index in [0.717, 1.165) is 40.3 Å². The van der Waals surface area contributed by atoms with E-state index < -0.39 is 0 Å². The Morgan fingerprint density at radius 1 is 1.47 bits per heavy atom. The summed E-state index contributed by atoms with van der Waals surface area (Å²) >= 11 is 3.53. The lowest BCUT2D eigenvalue weighted by atomic mass is 10.2. The first-order valence-corrected chi connectivity index (χ1v) is 6.32. The first kappa shape index (κ1) is 12.4. The highest BCUT2D eigenvalue weighted by atomic mass is 79.9. The molecule has 0 aliphatic carbocycles. The molecule has 92 valence electrons. The van der Waals surface area contributed by atoms with Crippen molar-refractivity contribution in [1.29, 1.82) is 0 Å². The Balaban J connectivity index is 2.25. The summed E-state index contributed by atoms with van der Waals surface area (Å²) in [4.78, 5) is 0. The summed E-state index contributed by atoms with van der Waals surface area (Å²) in [5.41, 5.74) is 3.32. The van der Waals surface area contributed by atoms with Crippen LogP contribution in [0.5, 0.6) is 0 Å². The summed E-state index contributed by atoms with van der Waals surface area (Å²) in [6, 6.07) is 2.00. The summed E-state index contributed by atoms with van der Waals surface area (Å²) in [5, 5.41) is 7.59. The van der Waals surface area contributed by atoms with Crippen LogP contribution in [0.15, 0.2) is 21.2 Å². The molecule has 0 aliphatic rings. The van der Waals surface area contributed by atoms with Crippen molar-refractivity contribution >= 4 is 15.9 Å². The Labute approximate surface area is 109 Å². The van der Waals surface area contributed by atoms with E-state index in [1.807, 2.05) is 24.7 Å². The fourth-order valence-electron chi connectivity index (χ4n) is 1.81. The van der Waals surface area contributed by atoms with Gasteiger partial charge in [0.15, 0.2) is 0 Å². The summed E-state index contributed by atoms with van der Waals surface area (Å²) in [6.07, 6.45) is 1.72. The Kier molecular flexibility index (Phi) is 3.69. The smallest absolute Gasteiger partial charge is 0.122 e. The van der Waals surface area contributed by atoms with Gasteiger partial charge in [0.1, 0.15) is 5.76 Å². The lowest BCUT2D eigenvalue weighted by molar-refractivity contribution is 0.486. The lowest BCUT2D eigenvalue weighted by Crippen LogP contribution is -2.09. The number of rotatable bonds is 4. The van der Waals surface area contributed by atoms with Gasteiger partial charge < -0.3 is 9.73 Å². The third-order valence-corrected chi connectivity index (χ3v) is 3.94. The molecule has 0 atom stereocenters. The number of nitrogens with one attached hydrogen (secondary N) is 1. The van der Waals surface area contributed by atoms with Crippen molar-refractivity contribution in [3.05, 3.63) is 39.5 Å². The Bertz CT molecular complexity index is 516. The third-order valence-electron chi connectivity index (χ3n) is 2.79. The second-order valence-electron chi connectivity index (χ2n) is 4.04. The van der Waals surface area contributed by atoms with E-state index >= 15 is 0 Å². The van der Waals surface area contributed by atoms with Gasteiger partial charge in [-0.25, -0.2) is 0 Å². The van der Waals surface area contributed by atoms with Crippen LogP contribution >= 0.6 is 15.9 Å². The lowest BCUT2D eigenvalue weighted by Gasteiger charge is -2.05. The Morgan fingerprint density at radius 3 is 2.82 bits per heavy atom. The summed E-state index contributed by atoms with van der Waals surface area (Å²) in [6.45, 7) is 5.54. The minimum absolute atomic E-state index is 0.739. The molecule has 0 amide bonds. The van der Waals surface area contributed by atoms with E-state index in [9.17, 15) is 0 Å². The molecule has 2 aromatic rings. The second kappa shape index (κ2) is 5.06. The minimum Gasteiger partial charge on any atom is -0.468 e. The molecule has 0 fully saturated rings. The minimum atomic E-state index is 0.739. The van der Waals surface area contributed by atoms with Gasteiger partial charge in [0.05, 0.1) is 35.2 Å². The van der Waals surface area contributed by atoms with Crippen LogP contribution in [0, 0.1) is 13.8 Å². The van der Waals surface area contributed by atoms with Gasteiger partial charge >= 0.3 is 0 Å². The molecule has 0 saturated carbocycles. The van der Waals surface area contributed by atoms with Gasteiger partial charge in [0, 0.05) is 5.56 Å². The number of halogens is 1. The zero-order valence-electron chi connectivity index (χ0n) is 10.2. The van der Waals surface area contributed by atoms with Crippen LogP contribution < -0.4 is 5.32 Å². The quantitative estimate of drug-likeness (QED) is 0.943. The van der Waals surface area contributed by atoms with Crippen LogP contribution in [-0.2, 0) is 13.1 Å².